The number of fused-ring (bicyclic) bond motifs is 11. The number of nitrogens with zero attached hydrogens (tertiary/aromatic N) is 4. The maximum Gasteiger partial charge on any atom is 0.136 e. The van der Waals surface area contributed by atoms with Crippen molar-refractivity contribution in [2.75, 3.05) is 9.80 Å². The lowest BCUT2D eigenvalue weighted by Crippen LogP contribution is -2.14. The van der Waals surface area contributed by atoms with Crippen LogP contribution in [0, 0.1) is 6.92 Å². The molecule has 0 bridgehead atoms. The van der Waals surface area contributed by atoms with Gasteiger partial charge in [-0.1, -0.05) is 151 Å². The topological polar surface area (TPSA) is 29.5 Å². The maximum absolute atomic E-state index is 6.98. The van der Waals surface area contributed by atoms with Crippen molar-refractivity contribution in [1.29, 1.82) is 0 Å². The standard InChI is InChI=1S/C77H62N4O/c1-49-64-48-75-68(44-51(64)27-39-69(49)79(58-35-30-54(31-36-58)77(5,6)7)61-38-41-73-66(47-61)63-23-15-17-25-71(63)81(73)56-20-12-9-13-21-56)67-43-50-26-32-59(42-52(50)45-74(67)82-75)78(57-33-28-53(29-34-57)76(2,3)4)60-37-40-72-65(46-60)62-22-14-16-24-70(62)80(72)55-18-10-8-11-19-55/h8-48H,1-7H3. The van der Waals surface area contributed by atoms with Crippen molar-refractivity contribution in [2.24, 2.45) is 0 Å². The van der Waals surface area contributed by atoms with Gasteiger partial charge in [0.15, 0.2) is 0 Å². The van der Waals surface area contributed by atoms with Crippen molar-refractivity contribution >= 4 is 121 Å². The Balaban J connectivity index is 0.855. The Morgan fingerprint density at radius 3 is 1.28 bits per heavy atom. The Labute approximate surface area is 478 Å². The molecule has 0 unspecified atom stereocenters. The van der Waals surface area contributed by atoms with E-state index in [2.05, 4.69) is 316 Å². The van der Waals surface area contributed by atoms with Crippen LogP contribution in [0.5, 0.6) is 0 Å². The molecule has 0 radical (unpaired) electrons. The number of rotatable bonds is 8. The molecule has 3 heterocycles. The van der Waals surface area contributed by atoms with Gasteiger partial charge in [-0.15, -0.1) is 0 Å². The Kier molecular flexibility index (Phi) is 11.2. The maximum atomic E-state index is 6.98. The molecule has 82 heavy (non-hydrogen) atoms. The molecule has 0 fully saturated rings. The zero-order valence-corrected chi connectivity index (χ0v) is 47.4. The number of furan rings is 1. The third-order valence-electron chi connectivity index (χ3n) is 17.1. The molecule has 0 N–H and O–H groups in total. The number of aromatic nitrogens is 2. The van der Waals surface area contributed by atoms with Gasteiger partial charge in [-0.25, -0.2) is 0 Å². The van der Waals surface area contributed by atoms with Crippen LogP contribution >= 0.6 is 0 Å². The van der Waals surface area contributed by atoms with Crippen molar-refractivity contribution in [1.82, 2.24) is 9.13 Å². The van der Waals surface area contributed by atoms with Crippen LogP contribution in [0.15, 0.2) is 253 Å². The fourth-order valence-electron chi connectivity index (χ4n) is 12.9. The summed E-state index contributed by atoms with van der Waals surface area (Å²) in [6.45, 7) is 15.9. The van der Waals surface area contributed by atoms with Gasteiger partial charge in [-0.3, -0.25) is 0 Å². The first-order valence-electron chi connectivity index (χ1n) is 28.6. The van der Waals surface area contributed by atoms with Crippen LogP contribution in [0.1, 0.15) is 58.2 Å². The molecule has 0 amide bonds. The monoisotopic (exact) mass is 1060 g/mol. The smallest absolute Gasteiger partial charge is 0.136 e. The molecule has 0 aliphatic heterocycles. The van der Waals surface area contributed by atoms with Gasteiger partial charge in [0.05, 0.1) is 22.1 Å². The van der Waals surface area contributed by atoms with E-state index >= 15 is 0 Å². The molecule has 5 heteroatoms. The summed E-state index contributed by atoms with van der Waals surface area (Å²) in [5.41, 5.74) is 19.2. The summed E-state index contributed by atoms with van der Waals surface area (Å²) < 4.78 is 11.7. The molecule has 0 aliphatic rings. The Hall–Kier alpha value is -9.84. The molecule has 15 aromatic rings. The first-order chi connectivity index (χ1) is 39.8. The lowest BCUT2D eigenvalue weighted by Gasteiger charge is -2.29. The van der Waals surface area contributed by atoms with E-state index < -0.39 is 0 Å². The summed E-state index contributed by atoms with van der Waals surface area (Å²) in [4.78, 5) is 4.84. The second kappa shape index (κ2) is 18.6. The van der Waals surface area contributed by atoms with Crippen molar-refractivity contribution in [3.63, 3.8) is 0 Å². The molecular formula is C77H62N4O. The Morgan fingerprint density at radius 1 is 0.305 bits per heavy atom. The first-order valence-corrected chi connectivity index (χ1v) is 28.6. The number of aryl methyl sites for hydroxylation is 1. The summed E-state index contributed by atoms with van der Waals surface area (Å²) in [7, 11) is 0. The van der Waals surface area contributed by atoms with Crippen LogP contribution in [0.4, 0.5) is 34.1 Å². The molecule has 396 valence electrons. The van der Waals surface area contributed by atoms with E-state index in [-0.39, 0.29) is 10.8 Å². The van der Waals surface area contributed by atoms with Crippen molar-refractivity contribution in [3.05, 3.63) is 265 Å². The third kappa shape index (κ3) is 8.05. The van der Waals surface area contributed by atoms with Crippen molar-refractivity contribution in [3.8, 4) is 11.4 Å². The molecule has 0 saturated carbocycles. The predicted molar refractivity (Wildman–Crippen MR) is 349 cm³/mol. The number of benzene rings is 12. The predicted octanol–water partition coefficient (Wildman–Crippen LogP) is 21.9. The average molecular weight is 1060 g/mol. The second-order valence-corrected chi connectivity index (χ2v) is 24.3. The van der Waals surface area contributed by atoms with E-state index in [1.165, 1.54) is 65.7 Å². The van der Waals surface area contributed by atoms with Gasteiger partial charge in [0.25, 0.3) is 0 Å². The Morgan fingerprint density at radius 2 is 0.732 bits per heavy atom. The van der Waals surface area contributed by atoms with E-state index in [1.807, 2.05) is 0 Å². The number of hydrogen-bond donors (Lipinski definition) is 0. The van der Waals surface area contributed by atoms with E-state index in [0.717, 1.165) is 83.6 Å². The minimum absolute atomic E-state index is 0.0224. The van der Waals surface area contributed by atoms with Gasteiger partial charge >= 0.3 is 0 Å². The summed E-state index contributed by atoms with van der Waals surface area (Å²) in [6.07, 6.45) is 0. The van der Waals surface area contributed by atoms with Crippen LogP contribution in [0.25, 0.3) is 98.5 Å². The van der Waals surface area contributed by atoms with Crippen LogP contribution in [-0.2, 0) is 10.8 Å². The first kappa shape index (κ1) is 49.2. The van der Waals surface area contributed by atoms with Crippen LogP contribution < -0.4 is 9.80 Å². The Bertz CT molecular complexity index is 4990. The van der Waals surface area contributed by atoms with Gasteiger partial charge < -0.3 is 23.4 Å². The van der Waals surface area contributed by atoms with E-state index in [4.69, 9.17) is 4.42 Å². The van der Waals surface area contributed by atoms with Gasteiger partial charge in [0.2, 0.25) is 0 Å². The summed E-state index contributed by atoms with van der Waals surface area (Å²) in [5, 5.41) is 11.7. The lowest BCUT2D eigenvalue weighted by molar-refractivity contribution is 0.590. The SMILES string of the molecule is Cc1c(N(c2ccc(C(C)(C)C)cc2)c2ccc3c(c2)c2ccccc2n3-c2ccccc2)ccc2cc3c(cc12)oc1cc2cc(N(c4ccc(C(C)(C)C)cc4)c4ccc5c(c4)c4ccccc4n5-c4ccccc4)ccc2cc13. The largest absolute Gasteiger partial charge is 0.456 e. The fraction of sp³-hybridized carbons (Fsp3) is 0.117. The highest BCUT2D eigenvalue weighted by atomic mass is 16.3. The molecule has 5 nitrogen and oxygen atoms in total. The molecule has 0 saturated heterocycles. The van der Waals surface area contributed by atoms with Gasteiger partial charge in [0.1, 0.15) is 11.2 Å². The van der Waals surface area contributed by atoms with Gasteiger partial charge in [-0.2, -0.15) is 0 Å². The van der Waals surface area contributed by atoms with Crippen molar-refractivity contribution in [2.45, 2.75) is 59.3 Å². The van der Waals surface area contributed by atoms with E-state index in [1.54, 1.807) is 0 Å². The van der Waals surface area contributed by atoms with Gasteiger partial charge in [-0.05, 0) is 196 Å². The molecular weight excluding hydrogens is 997 g/mol. The number of hydrogen-bond acceptors (Lipinski definition) is 3. The molecule has 0 aliphatic carbocycles. The zero-order valence-electron chi connectivity index (χ0n) is 47.4. The fourth-order valence-corrected chi connectivity index (χ4v) is 12.9. The zero-order chi connectivity index (χ0) is 55.6. The van der Waals surface area contributed by atoms with Crippen LogP contribution in [0.2, 0.25) is 0 Å². The highest BCUT2D eigenvalue weighted by molar-refractivity contribution is 6.16. The third-order valence-corrected chi connectivity index (χ3v) is 17.1. The highest BCUT2D eigenvalue weighted by Gasteiger charge is 2.24. The molecule has 15 rings (SSSR count). The minimum Gasteiger partial charge on any atom is -0.456 e. The molecule has 0 spiro atoms. The average Bonchev–Trinajstić information content (AvgIpc) is 4.34. The molecule has 12 aromatic carbocycles. The minimum atomic E-state index is 0.0224. The molecule has 3 aromatic heterocycles. The van der Waals surface area contributed by atoms with Crippen LogP contribution in [-0.4, -0.2) is 9.13 Å². The highest BCUT2D eigenvalue weighted by Crippen LogP contribution is 2.46. The second-order valence-electron chi connectivity index (χ2n) is 24.3. The normalized spacial score (nSPS) is 12.3. The van der Waals surface area contributed by atoms with Crippen molar-refractivity contribution < 1.29 is 4.42 Å². The summed E-state index contributed by atoms with van der Waals surface area (Å²) >= 11 is 0. The lowest BCUT2D eigenvalue weighted by atomic mass is 9.87. The van der Waals surface area contributed by atoms with Gasteiger partial charge in [0, 0.05) is 77.8 Å². The number of para-hydroxylation sites is 4. The van der Waals surface area contributed by atoms with E-state index in [0.29, 0.717) is 0 Å². The summed E-state index contributed by atoms with van der Waals surface area (Å²) in [5.74, 6) is 0. The van der Waals surface area contributed by atoms with Crippen LogP contribution in [0.3, 0.4) is 0 Å². The molecule has 0 atom stereocenters. The quantitative estimate of drug-likeness (QED) is 0.152. The number of anilines is 6. The van der Waals surface area contributed by atoms with E-state index in [9.17, 15) is 0 Å². The summed E-state index contributed by atoms with van der Waals surface area (Å²) in [6, 6.07) is 91.6.